The number of aromatic nitrogens is 5. The van der Waals surface area contributed by atoms with Gasteiger partial charge in [0.15, 0.2) is 11.4 Å². The van der Waals surface area contributed by atoms with Crippen LogP contribution in [0, 0.1) is 18.8 Å². The van der Waals surface area contributed by atoms with Crippen LogP contribution in [-0.2, 0) is 21.3 Å². The predicted octanol–water partition coefficient (Wildman–Crippen LogP) is 4.20. The van der Waals surface area contributed by atoms with E-state index in [4.69, 9.17) is 33.6 Å². The topological polar surface area (TPSA) is 141 Å². The lowest BCUT2D eigenvalue weighted by Gasteiger charge is -2.53. The van der Waals surface area contributed by atoms with E-state index in [-0.39, 0.29) is 24.9 Å². The molecule has 0 unspecified atom stereocenters. The van der Waals surface area contributed by atoms with Gasteiger partial charge in [-0.05, 0) is 44.9 Å². The fourth-order valence-electron chi connectivity index (χ4n) is 7.39. The zero-order chi connectivity index (χ0) is 34.1. The number of hydrogen-bond acceptors (Lipinski definition) is 11. The number of rotatable bonds is 6. The lowest BCUT2D eigenvalue weighted by molar-refractivity contribution is -0.228. The number of benzene rings is 1. The Balaban J connectivity index is 1.07. The minimum atomic E-state index is -0.954. The summed E-state index contributed by atoms with van der Waals surface area (Å²) in [4.78, 5) is 31.5. The molecule has 13 heteroatoms. The molecule has 0 radical (unpaired) electrons. The smallest absolute Gasteiger partial charge is 0.326 e. The van der Waals surface area contributed by atoms with E-state index in [0.717, 1.165) is 46.6 Å². The third kappa shape index (κ3) is 5.21. The fourth-order valence-corrected chi connectivity index (χ4v) is 7.39. The number of anilines is 2. The van der Waals surface area contributed by atoms with Gasteiger partial charge in [0, 0.05) is 49.3 Å². The van der Waals surface area contributed by atoms with Gasteiger partial charge in [-0.1, -0.05) is 24.0 Å². The number of furan rings is 1. The molecule has 256 valence electrons. The summed E-state index contributed by atoms with van der Waals surface area (Å²) in [5, 5.41) is 15.8. The molecular formula is C37H37N7O6. The number of para-hydroxylation sites is 1. The zero-order valence-electron chi connectivity index (χ0n) is 28.1. The number of morpholine rings is 1. The Bertz CT molecular complexity index is 2210. The number of aliphatic carboxylic acids is 1. The van der Waals surface area contributed by atoms with Gasteiger partial charge < -0.3 is 33.5 Å². The van der Waals surface area contributed by atoms with Gasteiger partial charge in [0.25, 0.3) is 0 Å². The summed E-state index contributed by atoms with van der Waals surface area (Å²) in [6, 6.07) is 8.84. The van der Waals surface area contributed by atoms with E-state index in [1.54, 1.807) is 15.8 Å². The second kappa shape index (κ2) is 11.7. The van der Waals surface area contributed by atoms with E-state index >= 15 is 0 Å². The van der Waals surface area contributed by atoms with Gasteiger partial charge in [-0.2, -0.15) is 5.10 Å². The summed E-state index contributed by atoms with van der Waals surface area (Å²) >= 11 is 0. The van der Waals surface area contributed by atoms with E-state index in [9.17, 15) is 9.90 Å². The van der Waals surface area contributed by atoms with Crippen LogP contribution in [0.3, 0.4) is 0 Å². The summed E-state index contributed by atoms with van der Waals surface area (Å²) in [6.07, 6.45) is 5.37. The Hall–Kier alpha value is -5.19. The zero-order valence-corrected chi connectivity index (χ0v) is 28.1. The van der Waals surface area contributed by atoms with Gasteiger partial charge in [-0.15, -0.1) is 0 Å². The highest BCUT2D eigenvalue weighted by Gasteiger charge is 2.50. The number of fused-ring (bicyclic) bond motifs is 3. The molecule has 1 aromatic carbocycles. The molecule has 4 fully saturated rings. The molecule has 1 saturated carbocycles. The number of aryl methyl sites for hydroxylation is 2. The molecule has 1 aliphatic carbocycles. The van der Waals surface area contributed by atoms with Crippen LogP contribution in [0.1, 0.15) is 54.7 Å². The molecule has 50 heavy (non-hydrogen) atoms. The average molecular weight is 676 g/mol. The fraction of sp³-hybridized carbons (Fsp3) is 0.432. The molecule has 7 heterocycles. The first-order valence-electron chi connectivity index (χ1n) is 17.1. The molecule has 4 aliphatic rings. The highest BCUT2D eigenvalue weighted by molar-refractivity contribution is 6.06. The van der Waals surface area contributed by atoms with Crippen LogP contribution in [0.15, 0.2) is 47.1 Å². The Kier molecular flexibility index (Phi) is 7.22. The molecule has 0 bridgehead atoms. The van der Waals surface area contributed by atoms with Crippen molar-refractivity contribution >= 4 is 39.5 Å². The van der Waals surface area contributed by atoms with Crippen LogP contribution in [0.2, 0.25) is 0 Å². The van der Waals surface area contributed by atoms with Crippen LogP contribution in [-0.4, -0.2) is 92.5 Å². The Labute approximate surface area is 288 Å². The molecule has 9 rings (SSSR count). The summed E-state index contributed by atoms with van der Waals surface area (Å²) in [6.45, 7) is 6.54. The molecule has 3 atom stereocenters. The summed E-state index contributed by atoms with van der Waals surface area (Å²) in [5.41, 5.74) is 4.69. The highest BCUT2D eigenvalue weighted by atomic mass is 16.6. The number of pyridine rings is 1. The number of carboxylic acids is 1. The summed E-state index contributed by atoms with van der Waals surface area (Å²) in [7, 11) is 1.87. The lowest BCUT2D eigenvalue weighted by Crippen LogP contribution is -2.68. The number of hydrogen-bond donors (Lipinski definition) is 1. The third-order valence-corrected chi connectivity index (χ3v) is 10.4. The van der Waals surface area contributed by atoms with Crippen molar-refractivity contribution in [3.8, 4) is 17.7 Å². The summed E-state index contributed by atoms with van der Waals surface area (Å²) in [5.74, 6) is 7.45. The molecule has 5 aromatic rings. The first-order valence-corrected chi connectivity index (χ1v) is 17.1. The van der Waals surface area contributed by atoms with E-state index in [1.807, 2.05) is 50.5 Å². The predicted molar refractivity (Wildman–Crippen MR) is 184 cm³/mol. The third-order valence-electron chi connectivity index (χ3n) is 10.4. The average Bonchev–Trinajstić information content (AvgIpc) is 3.62. The van der Waals surface area contributed by atoms with Crippen molar-refractivity contribution in [1.29, 1.82) is 0 Å². The largest absolute Gasteiger partial charge is 0.480 e. The van der Waals surface area contributed by atoms with Gasteiger partial charge in [-0.3, -0.25) is 4.68 Å². The molecule has 13 nitrogen and oxygen atoms in total. The number of carbonyl (C=O) groups is 1. The normalized spacial score (nSPS) is 22.9. The molecule has 0 amide bonds. The van der Waals surface area contributed by atoms with E-state index in [2.05, 4.69) is 28.8 Å². The maximum absolute atomic E-state index is 12.8. The second-order valence-corrected chi connectivity index (χ2v) is 13.8. The standard InChI is InChI=1S/C37H37N7O6/c1-21-25(17-42(3)41-21)9-8-23-14-28(43-12-13-48-37(22(43)2)19-47-20-37)35(38-16-23)49-26-15-29(36(45)46)44(18-26)34-32-31(39-33(40-34)24-10-11-24)27-6-4-5-7-30(27)50-32/h4-7,14,16-17,22,24,26,29H,10-13,15,18-20H2,1-3H3,(H,45,46)/t22-,26-,29-/m0/s1. The first kappa shape index (κ1) is 30.8. The lowest BCUT2D eigenvalue weighted by atomic mass is 9.90. The van der Waals surface area contributed by atoms with Gasteiger partial charge in [0.05, 0.1) is 43.7 Å². The van der Waals surface area contributed by atoms with Crippen molar-refractivity contribution in [1.82, 2.24) is 24.7 Å². The van der Waals surface area contributed by atoms with Crippen LogP contribution < -0.4 is 14.5 Å². The van der Waals surface area contributed by atoms with Gasteiger partial charge in [-0.25, -0.2) is 19.7 Å². The second-order valence-electron chi connectivity index (χ2n) is 13.8. The maximum Gasteiger partial charge on any atom is 0.326 e. The van der Waals surface area contributed by atoms with Gasteiger partial charge >= 0.3 is 5.97 Å². The number of nitrogens with zero attached hydrogens (tertiary/aromatic N) is 7. The Morgan fingerprint density at radius 2 is 1.98 bits per heavy atom. The van der Waals surface area contributed by atoms with Crippen molar-refractivity contribution in [3.63, 3.8) is 0 Å². The maximum atomic E-state index is 12.8. The van der Waals surface area contributed by atoms with Gasteiger partial charge in [0.1, 0.15) is 40.4 Å². The van der Waals surface area contributed by atoms with Crippen LogP contribution in [0.25, 0.3) is 22.1 Å². The molecule has 1 N–H and O–H groups in total. The monoisotopic (exact) mass is 675 g/mol. The number of ether oxygens (including phenoxy) is 3. The van der Waals surface area contributed by atoms with E-state index in [1.165, 1.54) is 0 Å². The van der Waals surface area contributed by atoms with Crippen LogP contribution >= 0.6 is 0 Å². The molecule has 4 aromatic heterocycles. The van der Waals surface area contributed by atoms with Crippen LogP contribution in [0.5, 0.6) is 5.88 Å². The molecule has 3 saturated heterocycles. The van der Waals surface area contributed by atoms with Crippen LogP contribution in [0.4, 0.5) is 11.5 Å². The molecule has 1 spiro atoms. The van der Waals surface area contributed by atoms with E-state index < -0.39 is 23.7 Å². The molecular weight excluding hydrogens is 638 g/mol. The minimum Gasteiger partial charge on any atom is -0.480 e. The van der Waals surface area contributed by atoms with E-state index in [0.29, 0.717) is 54.7 Å². The summed E-state index contributed by atoms with van der Waals surface area (Å²) < 4.78 is 26.6. The van der Waals surface area contributed by atoms with Crippen molar-refractivity contribution in [2.24, 2.45) is 7.05 Å². The Morgan fingerprint density at radius 1 is 1.14 bits per heavy atom. The number of carboxylic acid groups (broad SMARTS) is 1. The minimum absolute atomic E-state index is 0.0204. The van der Waals surface area contributed by atoms with Crippen molar-refractivity contribution in [2.75, 3.05) is 42.7 Å². The highest BCUT2D eigenvalue weighted by Crippen LogP contribution is 2.44. The van der Waals surface area contributed by atoms with Crippen molar-refractivity contribution < 1.29 is 28.5 Å². The van der Waals surface area contributed by atoms with Gasteiger partial charge in [0.2, 0.25) is 5.88 Å². The quantitative estimate of drug-likeness (QED) is 0.258. The van der Waals surface area contributed by atoms with Crippen molar-refractivity contribution in [3.05, 3.63) is 65.4 Å². The Morgan fingerprint density at radius 3 is 2.72 bits per heavy atom. The first-order chi connectivity index (χ1) is 24.3. The SMILES string of the molecule is Cc1nn(C)cc1C#Cc1cnc(O[C@H]2C[C@@H](C(=O)O)N(c3nc(C4CC4)nc4c3oc3ccccc34)C2)c(N2CCOC3(COC3)[C@@H]2C)c1. The van der Waals surface area contributed by atoms with Crippen molar-refractivity contribution in [2.45, 2.75) is 62.8 Å². The molecule has 3 aliphatic heterocycles.